The highest BCUT2D eigenvalue weighted by Gasteiger charge is 2.36. The second-order valence-electron chi connectivity index (χ2n) is 13.2. The van der Waals surface area contributed by atoms with E-state index in [1.54, 1.807) is 0 Å². The maximum absolute atomic E-state index is 5.48. The van der Waals surface area contributed by atoms with E-state index in [-0.39, 0.29) is 11.3 Å². The van der Waals surface area contributed by atoms with Crippen LogP contribution in [0.2, 0.25) is 0 Å². The lowest BCUT2D eigenvalue weighted by Crippen LogP contribution is -2.25. The Morgan fingerprint density at radius 2 is 1.48 bits per heavy atom. The molecular weight excluding hydrogens is 560 g/mol. The summed E-state index contributed by atoms with van der Waals surface area (Å²) in [4.78, 5) is 15.8. The number of nitrogens with zero attached hydrogens (tertiary/aromatic N) is 4. The number of aromatic nitrogens is 4. The van der Waals surface area contributed by atoms with Crippen molar-refractivity contribution in [1.29, 1.82) is 0 Å². The van der Waals surface area contributed by atoms with Crippen LogP contribution in [-0.4, -0.2) is 19.5 Å². The van der Waals surface area contributed by atoms with Crippen molar-refractivity contribution in [3.63, 3.8) is 0 Å². The lowest BCUT2D eigenvalue weighted by molar-refractivity contribution is 0.622. The highest BCUT2D eigenvalue weighted by atomic mass is 15.2. The van der Waals surface area contributed by atoms with Crippen molar-refractivity contribution in [2.75, 3.05) is 0 Å². The molecule has 4 heteroatoms. The zero-order chi connectivity index (χ0) is 30.6. The molecule has 0 saturated heterocycles. The van der Waals surface area contributed by atoms with Gasteiger partial charge in [0.1, 0.15) is 0 Å². The topological polar surface area (TPSA) is 43.6 Å². The Kier molecular flexibility index (Phi) is 5.14. The van der Waals surface area contributed by atoms with Crippen LogP contribution in [0.15, 0.2) is 134 Å². The molecule has 7 aromatic rings. The van der Waals surface area contributed by atoms with Gasteiger partial charge in [-0.15, -0.1) is 0 Å². The largest absolute Gasteiger partial charge is 0.277 e. The van der Waals surface area contributed by atoms with Crippen LogP contribution >= 0.6 is 0 Å². The monoisotopic (exact) mass is 590 g/mol. The van der Waals surface area contributed by atoms with Gasteiger partial charge >= 0.3 is 0 Å². The zero-order valence-electron chi connectivity index (χ0n) is 25.6. The molecule has 46 heavy (non-hydrogen) atoms. The fourth-order valence-corrected chi connectivity index (χ4v) is 8.25. The van der Waals surface area contributed by atoms with Crippen LogP contribution in [0.5, 0.6) is 0 Å². The number of allylic oxidation sites excluding steroid dienone is 8. The molecule has 0 radical (unpaired) electrons. The summed E-state index contributed by atoms with van der Waals surface area (Å²) in [6, 6.07) is 30.5. The molecule has 4 aromatic carbocycles. The molecule has 0 spiro atoms. The van der Waals surface area contributed by atoms with E-state index in [1.807, 2.05) is 6.20 Å². The van der Waals surface area contributed by atoms with Gasteiger partial charge in [-0.2, -0.15) is 0 Å². The van der Waals surface area contributed by atoms with Crippen LogP contribution in [0.4, 0.5) is 0 Å². The molecule has 2 atom stereocenters. The van der Waals surface area contributed by atoms with Crippen LogP contribution in [-0.2, 0) is 5.41 Å². The fraction of sp³-hybridized carbons (Fsp3) is 0.119. The quantitative estimate of drug-likeness (QED) is 0.201. The predicted molar refractivity (Wildman–Crippen MR) is 189 cm³/mol. The van der Waals surface area contributed by atoms with Gasteiger partial charge in [0.25, 0.3) is 0 Å². The molecule has 10 rings (SSSR count). The fourth-order valence-electron chi connectivity index (χ4n) is 8.25. The van der Waals surface area contributed by atoms with E-state index < -0.39 is 0 Å². The second-order valence-corrected chi connectivity index (χ2v) is 13.2. The molecule has 3 aromatic heterocycles. The van der Waals surface area contributed by atoms with Crippen LogP contribution < -0.4 is 0 Å². The van der Waals surface area contributed by atoms with E-state index in [2.05, 4.69) is 146 Å². The Labute approximate surface area is 266 Å². The SMILES string of the molecule is CC1(C)c2ccccc2-c2cc3c4ccccc4n(-c4nc(C5=CC=CC6C=CC=CC56)c5ccccc5n4)c3c3ccnc1c23. The summed E-state index contributed by atoms with van der Waals surface area (Å²) in [5.41, 5.74) is 10.1. The summed E-state index contributed by atoms with van der Waals surface area (Å²) in [5.74, 6) is 1.24. The minimum atomic E-state index is -0.236. The molecule has 2 unspecified atom stereocenters. The number of para-hydroxylation sites is 2. The molecular formula is C42H30N4. The summed E-state index contributed by atoms with van der Waals surface area (Å²) in [6.07, 6.45) is 17.6. The molecule has 3 heterocycles. The first-order valence-electron chi connectivity index (χ1n) is 16.1. The average molecular weight is 591 g/mol. The molecule has 218 valence electrons. The van der Waals surface area contributed by atoms with Gasteiger partial charge in [0.05, 0.1) is 27.9 Å². The van der Waals surface area contributed by atoms with E-state index in [0.717, 1.165) is 33.3 Å². The second kappa shape index (κ2) is 9.21. The normalized spacial score (nSPS) is 19.1. The molecule has 0 fully saturated rings. The smallest absolute Gasteiger partial charge is 0.235 e. The summed E-state index contributed by atoms with van der Waals surface area (Å²) in [5, 5.41) is 5.85. The van der Waals surface area contributed by atoms with Crippen molar-refractivity contribution in [1.82, 2.24) is 19.5 Å². The van der Waals surface area contributed by atoms with E-state index in [9.17, 15) is 0 Å². The zero-order valence-corrected chi connectivity index (χ0v) is 25.6. The molecule has 0 bridgehead atoms. The van der Waals surface area contributed by atoms with Crippen LogP contribution in [0.3, 0.4) is 0 Å². The molecule has 3 aliphatic rings. The van der Waals surface area contributed by atoms with Crippen LogP contribution in [0.1, 0.15) is 30.8 Å². The van der Waals surface area contributed by atoms with Gasteiger partial charge in [0.2, 0.25) is 5.95 Å². The van der Waals surface area contributed by atoms with Gasteiger partial charge in [-0.1, -0.05) is 117 Å². The van der Waals surface area contributed by atoms with Crippen LogP contribution in [0, 0.1) is 11.8 Å². The Morgan fingerprint density at radius 1 is 0.696 bits per heavy atom. The highest BCUT2D eigenvalue weighted by molar-refractivity contribution is 6.23. The first-order chi connectivity index (χ1) is 22.6. The average Bonchev–Trinajstić information content (AvgIpc) is 3.44. The standard InChI is InChI=1S/C42H30N4/c1-42(2)34-19-8-5-15-27(34)32-24-33-28-16-7-10-21-36(28)46(39(33)31-22-23-43-40(42)37(31)32)41-44-35-20-9-6-17-30(35)38(45-41)29-18-11-13-25-12-3-4-14-26(25)29/h3-26H,1-2H3. The lowest BCUT2D eigenvalue weighted by atomic mass is 9.71. The molecule has 0 amide bonds. The summed E-state index contributed by atoms with van der Waals surface area (Å²) in [6.45, 7) is 4.59. The predicted octanol–water partition coefficient (Wildman–Crippen LogP) is 9.89. The Bertz CT molecular complexity index is 2580. The number of hydrogen-bond acceptors (Lipinski definition) is 3. The Hall–Kier alpha value is -5.61. The van der Waals surface area contributed by atoms with Crippen molar-refractivity contribution in [3.8, 4) is 17.1 Å². The van der Waals surface area contributed by atoms with E-state index in [1.165, 1.54) is 43.8 Å². The van der Waals surface area contributed by atoms with Gasteiger partial charge in [-0.05, 0) is 46.5 Å². The number of fused-ring (bicyclic) bond motifs is 8. The molecule has 0 N–H and O–H groups in total. The minimum Gasteiger partial charge on any atom is -0.277 e. The first-order valence-corrected chi connectivity index (χ1v) is 16.1. The Morgan fingerprint density at radius 3 is 2.41 bits per heavy atom. The molecule has 0 aliphatic heterocycles. The summed E-state index contributed by atoms with van der Waals surface area (Å²) < 4.78 is 2.30. The Balaban J connectivity index is 1.34. The van der Waals surface area contributed by atoms with Crippen molar-refractivity contribution in [2.24, 2.45) is 11.8 Å². The maximum Gasteiger partial charge on any atom is 0.235 e. The molecule has 3 aliphatic carbocycles. The summed E-state index contributed by atoms with van der Waals surface area (Å²) >= 11 is 0. The number of pyridine rings is 1. The van der Waals surface area contributed by atoms with E-state index in [4.69, 9.17) is 15.0 Å². The third kappa shape index (κ3) is 3.36. The van der Waals surface area contributed by atoms with E-state index >= 15 is 0 Å². The van der Waals surface area contributed by atoms with Crippen molar-refractivity contribution in [3.05, 3.63) is 151 Å². The van der Waals surface area contributed by atoms with Gasteiger partial charge in [0.15, 0.2) is 0 Å². The minimum absolute atomic E-state index is 0.233. The van der Waals surface area contributed by atoms with Gasteiger partial charge in [0, 0.05) is 50.4 Å². The first kappa shape index (κ1) is 25.7. The highest BCUT2D eigenvalue weighted by Crippen LogP contribution is 2.51. The van der Waals surface area contributed by atoms with Gasteiger partial charge in [-0.25, -0.2) is 9.97 Å². The summed E-state index contributed by atoms with van der Waals surface area (Å²) in [7, 11) is 0. The number of hydrogen-bond donors (Lipinski definition) is 0. The van der Waals surface area contributed by atoms with Gasteiger partial charge < -0.3 is 0 Å². The van der Waals surface area contributed by atoms with Crippen molar-refractivity contribution < 1.29 is 0 Å². The van der Waals surface area contributed by atoms with E-state index in [0.29, 0.717) is 11.9 Å². The van der Waals surface area contributed by atoms with Crippen molar-refractivity contribution in [2.45, 2.75) is 19.3 Å². The lowest BCUT2D eigenvalue weighted by Gasteiger charge is -2.34. The number of rotatable bonds is 2. The third-order valence-corrected chi connectivity index (χ3v) is 10.4. The third-order valence-electron chi connectivity index (χ3n) is 10.4. The van der Waals surface area contributed by atoms with Gasteiger partial charge in [-0.3, -0.25) is 9.55 Å². The number of benzene rings is 4. The molecule has 4 nitrogen and oxygen atoms in total. The molecule has 0 saturated carbocycles. The van der Waals surface area contributed by atoms with Crippen molar-refractivity contribution >= 4 is 49.1 Å². The maximum atomic E-state index is 5.48. The van der Waals surface area contributed by atoms with Crippen LogP contribution in [0.25, 0.3) is 66.1 Å².